The van der Waals surface area contributed by atoms with Crippen molar-refractivity contribution in [3.8, 4) is 5.75 Å². The zero-order chi connectivity index (χ0) is 18.7. The molecule has 2 aromatic rings. The van der Waals surface area contributed by atoms with Crippen LogP contribution in [0.2, 0.25) is 0 Å². The first-order valence-electron chi connectivity index (χ1n) is 8.57. The summed E-state index contributed by atoms with van der Waals surface area (Å²) in [4.78, 5) is 10.7. The summed E-state index contributed by atoms with van der Waals surface area (Å²) >= 11 is 0. The maximum atomic E-state index is 10.7. The van der Waals surface area contributed by atoms with Crippen LogP contribution in [-0.4, -0.2) is 23.3 Å². The number of phenols is 1. The van der Waals surface area contributed by atoms with E-state index in [-0.39, 0.29) is 11.7 Å². The zero-order valence-electron chi connectivity index (χ0n) is 14.9. The molecule has 1 atom stereocenters. The predicted molar refractivity (Wildman–Crippen MR) is 99.2 cm³/mol. The van der Waals surface area contributed by atoms with Gasteiger partial charge in [-0.3, -0.25) is 0 Å². The van der Waals surface area contributed by atoms with E-state index in [4.69, 9.17) is 14.3 Å². The Balaban J connectivity index is 1.96. The number of phenolic OH excluding ortho intramolecular Hbond substituents is 1. The summed E-state index contributed by atoms with van der Waals surface area (Å²) in [6.07, 6.45) is 9.36. The fourth-order valence-electron chi connectivity index (χ4n) is 3.46. The number of benzene rings is 1. The molecule has 136 valence electrons. The number of ether oxygens (including phenoxy) is 1. The Morgan fingerprint density at radius 3 is 2.88 bits per heavy atom. The number of rotatable bonds is 5. The van der Waals surface area contributed by atoms with Gasteiger partial charge in [0.25, 0.3) is 0 Å². The van der Waals surface area contributed by atoms with Crippen molar-refractivity contribution in [2.45, 2.75) is 32.1 Å². The van der Waals surface area contributed by atoms with Crippen molar-refractivity contribution in [3.63, 3.8) is 0 Å². The summed E-state index contributed by atoms with van der Waals surface area (Å²) in [7, 11) is 1.51. The van der Waals surface area contributed by atoms with Crippen LogP contribution in [0.5, 0.6) is 5.75 Å². The summed E-state index contributed by atoms with van der Waals surface area (Å²) in [5.41, 5.74) is 2.91. The van der Waals surface area contributed by atoms with E-state index >= 15 is 0 Å². The number of carbonyl (C=O) groups is 1. The molecular weight excluding hydrogens is 332 g/mol. The SMILES string of the molecule is COC(=C\C(C)=C\C1CCCc2oc3ccc(O)cc3c21)/C=C/C(=O)O. The van der Waals surface area contributed by atoms with Gasteiger partial charge in [-0.1, -0.05) is 11.6 Å². The second kappa shape index (κ2) is 7.52. The summed E-state index contributed by atoms with van der Waals surface area (Å²) in [6.45, 7) is 1.96. The Kier molecular flexibility index (Phi) is 5.16. The molecule has 0 radical (unpaired) electrons. The standard InChI is InChI=1S/C21H22O5/c1-13(11-16(25-2)7-9-20(23)24)10-14-4-3-5-19-21(14)17-12-15(22)6-8-18(17)26-19/h6-12,14,22H,3-5H2,1-2H3,(H,23,24)/b9-7+,13-10+,16-11-. The van der Waals surface area contributed by atoms with Crippen LogP contribution in [0.15, 0.2) is 58.3 Å². The first kappa shape index (κ1) is 17.9. The van der Waals surface area contributed by atoms with E-state index < -0.39 is 5.97 Å². The van der Waals surface area contributed by atoms with Gasteiger partial charge in [-0.25, -0.2) is 4.79 Å². The van der Waals surface area contributed by atoms with Crippen molar-refractivity contribution in [2.75, 3.05) is 7.11 Å². The topological polar surface area (TPSA) is 79.9 Å². The van der Waals surface area contributed by atoms with Crippen molar-refractivity contribution in [1.29, 1.82) is 0 Å². The van der Waals surface area contributed by atoms with Crippen LogP contribution in [0.1, 0.15) is 37.0 Å². The molecular formula is C21H22O5. The third-order valence-corrected chi connectivity index (χ3v) is 4.54. The van der Waals surface area contributed by atoms with Crippen LogP contribution in [0.25, 0.3) is 11.0 Å². The molecule has 3 rings (SSSR count). The third-order valence-electron chi connectivity index (χ3n) is 4.54. The molecule has 5 heteroatoms. The van der Waals surface area contributed by atoms with Crippen LogP contribution in [0.3, 0.4) is 0 Å². The van der Waals surface area contributed by atoms with E-state index in [0.717, 1.165) is 53.2 Å². The van der Waals surface area contributed by atoms with Crippen LogP contribution in [0.4, 0.5) is 0 Å². The van der Waals surface area contributed by atoms with E-state index in [0.29, 0.717) is 5.76 Å². The van der Waals surface area contributed by atoms with E-state index in [9.17, 15) is 9.90 Å². The minimum atomic E-state index is -1.02. The number of methoxy groups -OCH3 is 1. The molecule has 0 amide bonds. The Labute approximate surface area is 151 Å². The van der Waals surface area contributed by atoms with Gasteiger partial charge in [-0.05, 0) is 50.1 Å². The van der Waals surface area contributed by atoms with Crippen LogP contribution >= 0.6 is 0 Å². The molecule has 1 heterocycles. The van der Waals surface area contributed by atoms with Gasteiger partial charge in [0.2, 0.25) is 0 Å². The monoisotopic (exact) mass is 354 g/mol. The minimum absolute atomic E-state index is 0.180. The lowest BCUT2D eigenvalue weighted by atomic mass is 9.84. The lowest BCUT2D eigenvalue weighted by Crippen LogP contribution is -2.06. The second-order valence-corrected chi connectivity index (χ2v) is 6.45. The first-order valence-corrected chi connectivity index (χ1v) is 8.57. The highest BCUT2D eigenvalue weighted by atomic mass is 16.5. The van der Waals surface area contributed by atoms with Gasteiger partial charge < -0.3 is 19.4 Å². The van der Waals surface area contributed by atoms with Gasteiger partial charge in [-0.15, -0.1) is 0 Å². The molecule has 1 aromatic carbocycles. The van der Waals surface area contributed by atoms with E-state index in [1.54, 1.807) is 18.2 Å². The Morgan fingerprint density at radius 2 is 2.15 bits per heavy atom. The molecule has 1 aliphatic carbocycles. The van der Waals surface area contributed by atoms with Crippen molar-refractivity contribution >= 4 is 16.9 Å². The lowest BCUT2D eigenvalue weighted by Gasteiger charge is -2.19. The molecule has 0 saturated carbocycles. The van der Waals surface area contributed by atoms with E-state index in [2.05, 4.69) is 6.08 Å². The number of aromatic hydroxyl groups is 1. The zero-order valence-corrected chi connectivity index (χ0v) is 14.9. The number of hydrogen-bond acceptors (Lipinski definition) is 4. The van der Waals surface area contributed by atoms with Gasteiger partial charge >= 0.3 is 5.97 Å². The summed E-state index contributed by atoms with van der Waals surface area (Å²) in [6, 6.07) is 5.19. The van der Waals surface area contributed by atoms with Crippen molar-refractivity contribution in [3.05, 3.63) is 65.2 Å². The Bertz CT molecular complexity index is 914. The predicted octanol–water partition coefficient (Wildman–Crippen LogP) is 4.68. The highest BCUT2D eigenvalue weighted by Gasteiger charge is 2.25. The fourth-order valence-corrected chi connectivity index (χ4v) is 3.46. The summed E-state index contributed by atoms with van der Waals surface area (Å²) in [5.74, 6) is 0.849. The molecule has 26 heavy (non-hydrogen) atoms. The van der Waals surface area contributed by atoms with Crippen molar-refractivity contribution < 1.29 is 24.2 Å². The molecule has 1 aromatic heterocycles. The average molecular weight is 354 g/mol. The van der Waals surface area contributed by atoms with Gasteiger partial charge in [0.05, 0.1) is 7.11 Å². The molecule has 1 aliphatic rings. The second-order valence-electron chi connectivity index (χ2n) is 6.45. The maximum Gasteiger partial charge on any atom is 0.328 e. The van der Waals surface area contributed by atoms with Crippen LogP contribution in [-0.2, 0) is 16.0 Å². The molecule has 0 fully saturated rings. The largest absolute Gasteiger partial charge is 0.508 e. The molecule has 1 unspecified atom stereocenters. The average Bonchev–Trinajstić information content (AvgIpc) is 2.97. The number of furan rings is 1. The number of allylic oxidation sites excluding steroid dienone is 4. The molecule has 5 nitrogen and oxygen atoms in total. The smallest absolute Gasteiger partial charge is 0.328 e. The number of aryl methyl sites for hydroxylation is 1. The Hall–Kier alpha value is -2.95. The lowest BCUT2D eigenvalue weighted by molar-refractivity contribution is -0.131. The van der Waals surface area contributed by atoms with Gasteiger partial charge in [-0.2, -0.15) is 0 Å². The normalized spacial score (nSPS) is 18.3. The quantitative estimate of drug-likeness (QED) is 0.463. The van der Waals surface area contributed by atoms with Crippen molar-refractivity contribution in [2.24, 2.45) is 0 Å². The Morgan fingerprint density at radius 1 is 1.35 bits per heavy atom. The molecule has 0 bridgehead atoms. The molecule has 0 spiro atoms. The molecule has 0 aliphatic heterocycles. The van der Waals surface area contributed by atoms with Gasteiger partial charge in [0.1, 0.15) is 22.9 Å². The number of carboxylic acid groups (broad SMARTS) is 1. The highest BCUT2D eigenvalue weighted by molar-refractivity contribution is 5.85. The number of aliphatic carboxylic acids is 1. The van der Waals surface area contributed by atoms with E-state index in [1.807, 2.05) is 13.0 Å². The fraction of sp³-hybridized carbons (Fsp3) is 0.286. The number of carboxylic acids is 1. The first-order chi connectivity index (χ1) is 12.5. The minimum Gasteiger partial charge on any atom is -0.508 e. The van der Waals surface area contributed by atoms with Crippen molar-refractivity contribution in [1.82, 2.24) is 0 Å². The van der Waals surface area contributed by atoms with E-state index in [1.165, 1.54) is 13.2 Å². The summed E-state index contributed by atoms with van der Waals surface area (Å²) in [5, 5.41) is 19.5. The summed E-state index contributed by atoms with van der Waals surface area (Å²) < 4.78 is 11.2. The maximum absolute atomic E-state index is 10.7. The van der Waals surface area contributed by atoms with Crippen LogP contribution < -0.4 is 0 Å². The van der Waals surface area contributed by atoms with Gasteiger partial charge in [0, 0.05) is 29.4 Å². The molecule has 0 saturated heterocycles. The number of hydrogen-bond donors (Lipinski definition) is 2. The highest BCUT2D eigenvalue weighted by Crippen LogP contribution is 2.41. The van der Waals surface area contributed by atoms with Gasteiger partial charge in [0.15, 0.2) is 0 Å². The third kappa shape index (κ3) is 3.82. The van der Waals surface area contributed by atoms with Crippen LogP contribution in [0, 0.1) is 0 Å². The number of fused-ring (bicyclic) bond motifs is 3. The molecule has 2 N–H and O–H groups in total.